The molecular formula is C48H45N3. The van der Waals surface area contributed by atoms with Crippen molar-refractivity contribution < 1.29 is 0 Å². The smallest absolute Gasteiger partial charge is 0.160 e. The van der Waals surface area contributed by atoms with Crippen LogP contribution >= 0.6 is 0 Å². The topological polar surface area (TPSA) is 37.6 Å². The maximum Gasteiger partial charge on any atom is 0.160 e. The van der Waals surface area contributed by atoms with Gasteiger partial charge in [-0.3, -0.25) is 4.98 Å². The highest BCUT2D eigenvalue weighted by Crippen LogP contribution is 2.45. The van der Waals surface area contributed by atoms with E-state index in [9.17, 15) is 0 Å². The van der Waals surface area contributed by atoms with E-state index >= 15 is 0 Å². The van der Waals surface area contributed by atoms with Crippen molar-refractivity contribution in [2.75, 3.05) is 0 Å². The third-order valence-corrected chi connectivity index (χ3v) is 11.1. The van der Waals surface area contributed by atoms with Gasteiger partial charge in [0, 0.05) is 28.5 Å². The minimum atomic E-state index is 0.00596. The van der Waals surface area contributed by atoms with E-state index in [2.05, 4.69) is 141 Å². The Morgan fingerprint density at radius 3 is 2.27 bits per heavy atom. The second-order valence-corrected chi connectivity index (χ2v) is 14.2. The van der Waals surface area contributed by atoms with Crippen LogP contribution in [0.3, 0.4) is 0 Å². The third kappa shape index (κ3) is 6.61. The molecule has 1 heterocycles. The van der Waals surface area contributed by atoms with E-state index in [1.54, 1.807) is 0 Å². The van der Waals surface area contributed by atoms with Crippen molar-refractivity contribution in [1.82, 2.24) is 4.98 Å². The highest BCUT2D eigenvalue weighted by Gasteiger charge is 2.35. The Kier molecular flexibility index (Phi) is 9.28. The molecular weight excluding hydrogens is 619 g/mol. The molecule has 0 aliphatic heterocycles. The summed E-state index contributed by atoms with van der Waals surface area (Å²) in [6, 6.07) is 37.7. The zero-order valence-electron chi connectivity index (χ0n) is 29.6. The molecule has 0 atom stereocenters. The Morgan fingerprint density at radius 2 is 1.49 bits per heavy atom. The number of fused-ring (bicyclic) bond motifs is 2. The molecule has 0 bridgehead atoms. The second-order valence-electron chi connectivity index (χ2n) is 14.2. The molecule has 3 nitrogen and oxygen atoms in total. The summed E-state index contributed by atoms with van der Waals surface area (Å²) in [5.41, 5.74) is 12.7. The van der Waals surface area contributed by atoms with Gasteiger partial charge in [-0.15, -0.1) is 0 Å². The number of allylic oxidation sites excluding steroid dienone is 4. The van der Waals surface area contributed by atoms with Crippen molar-refractivity contribution in [3.63, 3.8) is 0 Å². The van der Waals surface area contributed by atoms with Crippen molar-refractivity contribution in [3.8, 4) is 0 Å². The van der Waals surface area contributed by atoms with Crippen molar-refractivity contribution in [1.29, 1.82) is 0 Å². The maximum atomic E-state index is 5.23. The largest absolute Gasteiger partial charge is 0.256 e. The lowest BCUT2D eigenvalue weighted by molar-refractivity contribution is 0.346. The molecule has 3 aliphatic rings. The average Bonchev–Trinajstić information content (AvgIpc) is 3.21. The van der Waals surface area contributed by atoms with Gasteiger partial charge in [-0.2, -0.15) is 0 Å². The number of aromatic nitrogens is 1. The van der Waals surface area contributed by atoms with Crippen LogP contribution in [0.5, 0.6) is 0 Å². The Morgan fingerprint density at radius 1 is 0.725 bits per heavy atom. The van der Waals surface area contributed by atoms with Gasteiger partial charge < -0.3 is 0 Å². The molecule has 8 rings (SSSR count). The van der Waals surface area contributed by atoms with Crippen LogP contribution in [-0.4, -0.2) is 16.5 Å². The normalized spacial score (nSPS) is 17.4. The van der Waals surface area contributed by atoms with Gasteiger partial charge in [-0.1, -0.05) is 147 Å². The molecule has 1 fully saturated rings. The summed E-state index contributed by atoms with van der Waals surface area (Å²) in [4.78, 5) is 15.1. The molecule has 3 aliphatic carbocycles. The Labute approximate surface area is 302 Å². The number of amidine groups is 1. The van der Waals surface area contributed by atoms with Gasteiger partial charge in [-0.25, -0.2) is 9.98 Å². The molecule has 252 valence electrons. The molecule has 1 aromatic heterocycles. The molecule has 0 saturated heterocycles. The lowest BCUT2D eigenvalue weighted by atomic mass is 9.65. The highest BCUT2D eigenvalue weighted by molar-refractivity contribution is 6.16. The van der Waals surface area contributed by atoms with Crippen LogP contribution in [0.2, 0.25) is 0 Å². The van der Waals surface area contributed by atoms with Crippen molar-refractivity contribution in [3.05, 3.63) is 191 Å². The fourth-order valence-corrected chi connectivity index (χ4v) is 8.31. The SMILES string of the molecule is C=C(N=C(N=C(C)c1ccc(C2(c3ccc(C4=CCCc5cccnc54)cc3)CCCCC2)cc1)c1cccc2ccccc12)C1=CCCC=C1. The van der Waals surface area contributed by atoms with E-state index in [4.69, 9.17) is 15.0 Å². The van der Waals surface area contributed by atoms with Crippen molar-refractivity contribution >= 4 is 27.9 Å². The van der Waals surface area contributed by atoms with Crippen LogP contribution in [0.15, 0.2) is 161 Å². The minimum Gasteiger partial charge on any atom is -0.256 e. The number of aliphatic imine (C=N–C) groups is 2. The summed E-state index contributed by atoms with van der Waals surface area (Å²) in [5, 5.41) is 2.31. The van der Waals surface area contributed by atoms with Gasteiger partial charge in [-0.05, 0) is 95.7 Å². The lowest BCUT2D eigenvalue weighted by Gasteiger charge is -2.39. The molecule has 3 heteroatoms. The summed E-state index contributed by atoms with van der Waals surface area (Å²) in [6.07, 6.45) is 21.1. The predicted octanol–water partition coefficient (Wildman–Crippen LogP) is 11.9. The highest BCUT2D eigenvalue weighted by atomic mass is 14.9. The average molecular weight is 664 g/mol. The molecule has 0 radical (unpaired) electrons. The molecule has 0 N–H and O–H groups in total. The van der Waals surface area contributed by atoms with E-state index in [-0.39, 0.29) is 5.41 Å². The van der Waals surface area contributed by atoms with Crippen LogP contribution in [0.4, 0.5) is 0 Å². The van der Waals surface area contributed by atoms with E-state index < -0.39 is 0 Å². The Hall–Kier alpha value is -5.41. The van der Waals surface area contributed by atoms with Gasteiger partial charge in [0.05, 0.1) is 11.4 Å². The first kappa shape index (κ1) is 32.8. The Bertz CT molecular complexity index is 2230. The summed E-state index contributed by atoms with van der Waals surface area (Å²) in [5.74, 6) is 0.688. The molecule has 4 aromatic carbocycles. The summed E-state index contributed by atoms with van der Waals surface area (Å²) in [6.45, 7) is 6.46. The molecule has 0 amide bonds. The zero-order valence-corrected chi connectivity index (χ0v) is 29.6. The Balaban J connectivity index is 1.12. The lowest BCUT2D eigenvalue weighted by Crippen LogP contribution is -2.30. The predicted molar refractivity (Wildman–Crippen MR) is 215 cm³/mol. The number of rotatable bonds is 7. The maximum absolute atomic E-state index is 5.23. The van der Waals surface area contributed by atoms with Crippen molar-refractivity contribution in [2.45, 2.75) is 70.1 Å². The number of benzene rings is 4. The number of aryl methyl sites for hydroxylation is 1. The number of hydrogen-bond acceptors (Lipinski definition) is 2. The number of hydrogen-bond donors (Lipinski definition) is 0. The summed E-state index contributed by atoms with van der Waals surface area (Å²) >= 11 is 0. The molecule has 0 spiro atoms. The first-order valence-corrected chi connectivity index (χ1v) is 18.6. The number of pyridine rings is 1. The molecule has 0 unspecified atom stereocenters. The van der Waals surface area contributed by atoms with Gasteiger partial charge in [0.1, 0.15) is 0 Å². The van der Waals surface area contributed by atoms with E-state index in [0.717, 1.165) is 77.7 Å². The zero-order chi connectivity index (χ0) is 34.6. The van der Waals surface area contributed by atoms with Gasteiger partial charge >= 0.3 is 0 Å². The molecule has 5 aromatic rings. The van der Waals surface area contributed by atoms with Crippen LogP contribution in [0.25, 0.3) is 16.3 Å². The standard InChI is InChI=1S/C48H45N3/c1-34(36-14-5-3-6-15-36)50-47(45-22-11-17-38-16-7-8-20-43(38)45)51-35(2)37-23-27-41(28-24-37)48(31-9-4-10-32-48)42-29-25-39(26-30-42)44-21-12-18-40-19-13-33-49-46(40)44/h5,7-8,11,13-17,19-30,33H,1,3-4,6,9-10,12,18,31-32H2,2H3. The van der Waals surface area contributed by atoms with Crippen LogP contribution in [-0.2, 0) is 11.8 Å². The van der Waals surface area contributed by atoms with E-state index in [0.29, 0.717) is 5.84 Å². The van der Waals surface area contributed by atoms with E-state index in [1.807, 2.05) is 6.20 Å². The first-order chi connectivity index (χ1) is 25.1. The van der Waals surface area contributed by atoms with Gasteiger partial charge in [0.25, 0.3) is 0 Å². The summed E-state index contributed by atoms with van der Waals surface area (Å²) < 4.78 is 0. The van der Waals surface area contributed by atoms with Gasteiger partial charge in [0.2, 0.25) is 0 Å². The monoisotopic (exact) mass is 663 g/mol. The van der Waals surface area contributed by atoms with Gasteiger partial charge in [0.15, 0.2) is 5.84 Å². The molecule has 1 saturated carbocycles. The fraction of sp³-hybridized carbons (Fsp3) is 0.229. The quantitative estimate of drug-likeness (QED) is 0.126. The second kappa shape index (κ2) is 14.4. The molecule has 51 heavy (non-hydrogen) atoms. The van der Waals surface area contributed by atoms with E-state index in [1.165, 1.54) is 52.5 Å². The van der Waals surface area contributed by atoms with Crippen LogP contribution in [0.1, 0.15) is 97.4 Å². The van der Waals surface area contributed by atoms with Crippen molar-refractivity contribution in [2.24, 2.45) is 9.98 Å². The van der Waals surface area contributed by atoms with Crippen LogP contribution in [0, 0.1) is 0 Å². The number of nitrogens with zero attached hydrogens (tertiary/aromatic N) is 3. The third-order valence-electron chi connectivity index (χ3n) is 11.1. The summed E-state index contributed by atoms with van der Waals surface area (Å²) in [7, 11) is 0. The first-order valence-electron chi connectivity index (χ1n) is 18.6. The minimum absolute atomic E-state index is 0.00596. The van der Waals surface area contributed by atoms with Crippen LogP contribution < -0.4 is 0 Å². The fourth-order valence-electron chi connectivity index (χ4n) is 8.31.